The summed E-state index contributed by atoms with van der Waals surface area (Å²) < 4.78 is 36.6. The Hall–Kier alpha value is -3.09. The Morgan fingerprint density at radius 1 is 1.00 bits per heavy atom. The van der Waals surface area contributed by atoms with Gasteiger partial charge in [0.05, 0.1) is 11.2 Å². The van der Waals surface area contributed by atoms with Gasteiger partial charge in [-0.1, -0.05) is 18.2 Å². The van der Waals surface area contributed by atoms with Crippen LogP contribution in [0, 0.1) is 0 Å². The molecule has 1 amide bonds. The molecule has 0 aliphatic heterocycles. The number of pyridine rings is 1. The summed E-state index contributed by atoms with van der Waals surface area (Å²) in [7, 11) is 0. The number of carbonyl (C=O) groups excluding carboxylic acids is 1. The van der Waals surface area contributed by atoms with E-state index in [-0.39, 0.29) is 11.4 Å². The fourth-order valence-electron chi connectivity index (χ4n) is 2.20. The lowest BCUT2D eigenvalue weighted by Gasteiger charge is -2.09. The summed E-state index contributed by atoms with van der Waals surface area (Å²) in [4.78, 5) is 15.3. The molecule has 0 saturated heterocycles. The van der Waals surface area contributed by atoms with Crippen molar-refractivity contribution in [3.05, 3.63) is 54.6 Å². The molecular weight excluding hydrogens is 321 g/mol. The number of aromatic nitrogens is 1. The summed E-state index contributed by atoms with van der Waals surface area (Å²) in [5.74, 6) is -1.87. The molecule has 0 saturated carbocycles. The van der Waals surface area contributed by atoms with E-state index >= 15 is 0 Å². The van der Waals surface area contributed by atoms with Crippen LogP contribution in [0.3, 0.4) is 0 Å². The van der Waals surface area contributed by atoms with Gasteiger partial charge in [0.15, 0.2) is 0 Å². The molecule has 4 nitrogen and oxygen atoms in total. The van der Waals surface area contributed by atoms with Gasteiger partial charge in [-0.15, -0.1) is 0 Å². The molecule has 0 radical (unpaired) electrons. The number of fused-ring (bicyclic) bond motifs is 1. The van der Waals surface area contributed by atoms with Crippen LogP contribution in [0.5, 0.6) is 5.75 Å². The molecule has 0 aliphatic carbocycles. The average molecular weight is 332 g/mol. The van der Waals surface area contributed by atoms with Crippen LogP contribution in [-0.2, 0) is 4.79 Å². The summed E-state index contributed by atoms with van der Waals surface area (Å²) in [6.45, 7) is 0. The molecule has 7 heteroatoms. The Kier molecular flexibility index (Phi) is 3.84. The number of amides is 1. The molecule has 122 valence electrons. The number of alkyl halides is 3. The maximum absolute atomic E-state index is 12.2. The number of hydrogen-bond acceptors (Lipinski definition) is 3. The van der Waals surface area contributed by atoms with Crippen molar-refractivity contribution in [1.29, 1.82) is 0 Å². The van der Waals surface area contributed by atoms with E-state index in [0.29, 0.717) is 16.8 Å². The lowest BCUT2D eigenvalue weighted by atomic mass is 10.1. The van der Waals surface area contributed by atoms with E-state index in [1.165, 1.54) is 18.2 Å². The van der Waals surface area contributed by atoms with Gasteiger partial charge in [0.2, 0.25) is 0 Å². The van der Waals surface area contributed by atoms with Gasteiger partial charge in [-0.2, -0.15) is 13.2 Å². The molecule has 3 aromatic rings. The van der Waals surface area contributed by atoms with Crippen LogP contribution < -0.4 is 5.32 Å². The van der Waals surface area contributed by atoms with E-state index < -0.39 is 12.1 Å². The molecule has 0 unspecified atom stereocenters. The molecule has 0 spiro atoms. The zero-order valence-corrected chi connectivity index (χ0v) is 12.1. The standard InChI is InChI=1S/C17H11F3N2O2/c18-17(19,20)16(24)21-12-4-1-10(2-5-12)14-7-3-11-9-13(23)6-8-15(11)22-14/h1-9,23H,(H,21,24). The number of nitrogens with zero attached hydrogens (tertiary/aromatic N) is 1. The Morgan fingerprint density at radius 3 is 2.38 bits per heavy atom. The largest absolute Gasteiger partial charge is 0.508 e. The highest BCUT2D eigenvalue weighted by atomic mass is 19.4. The molecule has 0 fully saturated rings. The Labute approximate surface area is 134 Å². The molecule has 2 aromatic carbocycles. The Bertz CT molecular complexity index is 906. The second-order valence-corrected chi connectivity index (χ2v) is 5.10. The van der Waals surface area contributed by atoms with E-state index in [0.717, 1.165) is 5.39 Å². The predicted octanol–water partition coefficient (Wildman–Crippen LogP) is 4.11. The maximum Gasteiger partial charge on any atom is 0.471 e. The third-order valence-corrected chi connectivity index (χ3v) is 3.37. The van der Waals surface area contributed by atoms with E-state index in [2.05, 4.69) is 4.98 Å². The molecular formula is C17H11F3N2O2. The predicted molar refractivity (Wildman–Crippen MR) is 83.5 cm³/mol. The lowest BCUT2D eigenvalue weighted by molar-refractivity contribution is -0.167. The smallest absolute Gasteiger partial charge is 0.471 e. The summed E-state index contributed by atoms with van der Waals surface area (Å²) in [5, 5.41) is 12.0. The van der Waals surface area contributed by atoms with E-state index in [9.17, 15) is 23.1 Å². The zero-order chi connectivity index (χ0) is 17.3. The second-order valence-electron chi connectivity index (χ2n) is 5.10. The lowest BCUT2D eigenvalue weighted by Crippen LogP contribution is -2.29. The summed E-state index contributed by atoms with van der Waals surface area (Å²) in [6.07, 6.45) is -4.93. The summed E-state index contributed by atoms with van der Waals surface area (Å²) >= 11 is 0. The van der Waals surface area contributed by atoms with Crippen molar-refractivity contribution < 1.29 is 23.1 Å². The van der Waals surface area contributed by atoms with Gasteiger partial charge in [-0.3, -0.25) is 4.79 Å². The zero-order valence-electron chi connectivity index (χ0n) is 12.1. The van der Waals surface area contributed by atoms with Crippen LogP contribution in [-0.4, -0.2) is 22.2 Å². The first-order chi connectivity index (χ1) is 11.3. The number of halogens is 3. The van der Waals surface area contributed by atoms with E-state index in [1.54, 1.807) is 41.7 Å². The highest BCUT2D eigenvalue weighted by Crippen LogP contribution is 2.25. The molecule has 3 rings (SSSR count). The second kappa shape index (κ2) is 5.84. The minimum atomic E-state index is -4.93. The minimum absolute atomic E-state index is 0.0480. The van der Waals surface area contributed by atoms with Gasteiger partial charge in [0.1, 0.15) is 5.75 Å². The van der Waals surface area contributed by atoms with Gasteiger partial charge in [0.25, 0.3) is 0 Å². The first-order valence-electron chi connectivity index (χ1n) is 6.91. The van der Waals surface area contributed by atoms with Crippen molar-refractivity contribution in [2.75, 3.05) is 5.32 Å². The highest BCUT2D eigenvalue weighted by molar-refractivity contribution is 5.95. The van der Waals surface area contributed by atoms with Gasteiger partial charge in [-0.05, 0) is 36.4 Å². The number of phenols is 1. The first kappa shape index (κ1) is 15.8. The molecule has 0 atom stereocenters. The van der Waals surface area contributed by atoms with Gasteiger partial charge in [-0.25, -0.2) is 4.98 Å². The quantitative estimate of drug-likeness (QED) is 0.742. The maximum atomic E-state index is 12.2. The number of aromatic hydroxyl groups is 1. The van der Waals surface area contributed by atoms with Crippen molar-refractivity contribution in [2.24, 2.45) is 0 Å². The topological polar surface area (TPSA) is 62.2 Å². The number of benzene rings is 2. The fourth-order valence-corrected chi connectivity index (χ4v) is 2.20. The number of phenolic OH excluding ortho intramolecular Hbond substituents is 1. The summed E-state index contributed by atoms with van der Waals surface area (Å²) in [5.41, 5.74) is 2.04. The normalized spacial score (nSPS) is 11.5. The van der Waals surface area contributed by atoms with Gasteiger partial charge < -0.3 is 10.4 Å². The van der Waals surface area contributed by atoms with Crippen LogP contribution >= 0.6 is 0 Å². The molecule has 2 N–H and O–H groups in total. The molecule has 1 heterocycles. The third-order valence-electron chi connectivity index (χ3n) is 3.37. The van der Waals surface area contributed by atoms with E-state index in [4.69, 9.17) is 0 Å². The average Bonchev–Trinajstić information content (AvgIpc) is 2.54. The Balaban J connectivity index is 1.85. The number of hydrogen-bond donors (Lipinski definition) is 2. The SMILES string of the molecule is O=C(Nc1ccc(-c2ccc3cc(O)ccc3n2)cc1)C(F)(F)F. The van der Waals surface area contributed by atoms with Crippen molar-refractivity contribution >= 4 is 22.5 Å². The number of carbonyl (C=O) groups is 1. The van der Waals surface area contributed by atoms with Crippen LogP contribution in [0.25, 0.3) is 22.2 Å². The Morgan fingerprint density at radius 2 is 1.71 bits per heavy atom. The van der Waals surface area contributed by atoms with Gasteiger partial charge in [0, 0.05) is 16.6 Å². The van der Waals surface area contributed by atoms with Crippen LogP contribution in [0.2, 0.25) is 0 Å². The van der Waals surface area contributed by atoms with E-state index in [1.807, 2.05) is 0 Å². The van der Waals surface area contributed by atoms with Crippen LogP contribution in [0.1, 0.15) is 0 Å². The van der Waals surface area contributed by atoms with Gasteiger partial charge >= 0.3 is 12.1 Å². The number of anilines is 1. The first-order valence-corrected chi connectivity index (χ1v) is 6.91. The number of rotatable bonds is 2. The van der Waals surface area contributed by atoms with Crippen LogP contribution in [0.4, 0.5) is 18.9 Å². The van der Waals surface area contributed by atoms with Crippen molar-refractivity contribution in [1.82, 2.24) is 4.98 Å². The van der Waals surface area contributed by atoms with Crippen molar-refractivity contribution in [3.63, 3.8) is 0 Å². The van der Waals surface area contributed by atoms with Crippen molar-refractivity contribution in [3.8, 4) is 17.0 Å². The summed E-state index contributed by atoms with van der Waals surface area (Å²) in [6, 6.07) is 14.2. The molecule has 24 heavy (non-hydrogen) atoms. The highest BCUT2D eigenvalue weighted by Gasteiger charge is 2.38. The van der Waals surface area contributed by atoms with Crippen LogP contribution in [0.15, 0.2) is 54.6 Å². The third kappa shape index (κ3) is 3.29. The fraction of sp³-hybridized carbons (Fsp3) is 0.0588. The molecule has 1 aromatic heterocycles. The molecule has 0 aliphatic rings. The van der Waals surface area contributed by atoms with Crippen molar-refractivity contribution in [2.45, 2.75) is 6.18 Å². The number of nitrogens with one attached hydrogen (secondary N) is 1. The monoisotopic (exact) mass is 332 g/mol. The molecule has 0 bridgehead atoms. The minimum Gasteiger partial charge on any atom is -0.508 e.